The lowest BCUT2D eigenvalue weighted by Gasteiger charge is -2.41. The van der Waals surface area contributed by atoms with Gasteiger partial charge in [0.2, 0.25) is 5.43 Å². The Labute approximate surface area is 149 Å². The van der Waals surface area contributed by atoms with Crippen LogP contribution in [-0.4, -0.2) is 51.9 Å². The molecule has 4 heterocycles. The molecule has 2 saturated heterocycles. The molecule has 25 heavy (non-hydrogen) atoms. The third-order valence-corrected chi connectivity index (χ3v) is 5.16. The number of carbonyl (C=O) groups excluding carboxylic acids is 1. The Bertz CT molecular complexity index is 885. The highest BCUT2D eigenvalue weighted by atomic mass is 35.5. The van der Waals surface area contributed by atoms with Crippen molar-refractivity contribution in [1.29, 1.82) is 0 Å². The first kappa shape index (κ1) is 16.5. The lowest BCUT2D eigenvalue weighted by molar-refractivity contribution is -0.0339. The summed E-state index contributed by atoms with van der Waals surface area (Å²) in [6, 6.07) is 1.48. The van der Waals surface area contributed by atoms with Crippen molar-refractivity contribution in [2.24, 2.45) is 11.8 Å². The number of rotatable bonds is 2. The van der Waals surface area contributed by atoms with Gasteiger partial charge in [0.05, 0.1) is 18.6 Å². The minimum Gasteiger partial charge on any atom is -0.381 e. The number of piperidine rings is 1. The average Bonchev–Trinajstić information content (AvgIpc) is 2.61. The van der Waals surface area contributed by atoms with Gasteiger partial charge in [-0.1, -0.05) is 11.6 Å². The van der Waals surface area contributed by atoms with E-state index in [0.29, 0.717) is 55.7 Å². The van der Waals surface area contributed by atoms with Crippen LogP contribution in [0.1, 0.15) is 23.7 Å². The van der Waals surface area contributed by atoms with Crippen LogP contribution in [0.3, 0.4) is 0 Å². The second kappa shape index (κ2) is 6.38. The predicted octanol–water partition coefficient (Wildman–Crippen LogP) is 1.57. The Morgan fingerprint density at radius 2 is 2.04 bits per heavy atom. The molecular formula is C17H19ClN4O3. The van der Waals surface area contributed by atoms with E-state index in [1.54, 1.807) is 15.7 Å². The molecule has 0 N–H and O–H groups in total. The van der Waals surface area contributed by atoms with Crippen molar-refractivity contribution in [3.05, 3.63) is 33.2 Å². The number of nitrogens with zero attached hydrogens (tertiary/aromatic N) is 4. The van der Waals surface area contributed by atoms with Gasteiger partial charge in [-0.2, -0.15) is 0 Å². The van der Waals surface area contributed by atoms with E-state index in [-0.39, 0.29) is 22.1 Å². The van der Waals surface area contributed by atoms with Crippen LogP contribution >= 0.6 is 11.6 Å². The zero-order valence-corrected chi connectivity index (χ0v) is 14.7. The van der Waals surface area contributed by atoms with E-state index >= 15 is 0 Å². The van der Waals surface area contributed by atoms with Crippen molar-refractivity contribution in [1.82, 2.24) is 19.7 Å². The van der Waals surface area contributed by atoms with Gasteiger partial charge < -0.3 is 14.2 Å². The molecule has 2 aromatic heterocycles. The first-order valence-electron chi connectivity index (χ1n) is 8.50. The molecule has 132 valence electrons. The molecule has 0 aromatic carbocycles. The van der Waals surface area contributed by atoms with Crippen molar-refractivity contribution in [2.75, 3.05) is 26.3 Å². The van der Waals surface area contributed by atoms with Crippen LogP contribution in [0.4, 0.5) is 0 Å². The van der Waals surface area contributed by atoms with Crippen molar-refractivity contribution < 1.29 is 9.53 Å². The molecule has 4 rings (SSSR count). The summed E-state index contributed by atoms with van der Waals surface area (Å²) < 4.78 is 7.33. The third kappa shape index (κ3) is 2.91. The van der Waals surface area contributed by atoms with Gasteiger partial charge in [0.25, 0.3) is 5.91 Å². The topological polar surface area (TPSA) is 77.3 Å². The number of aryl methyl sites for hydroxylation is 1. The van der Waals surface area contributed by atoms with E-state index in [4.69, 9.17) is 16.3 Å². The highest BCUT2D eigenvalue weighted by Gasteiger charge is 2.34. The van der Waals surface area contributed by atoms with E-state index in [9.17, 15) is 9.59 Å². The summed E-state index contributed by atoms with van der Waals surface area (Å²) in [5, 5.41) is 8.29. The van der Waals surface area contributed by atoms with E-state index < -0.39 is 0 Å². The van der Waals surface area contributed by atoms with E-state index in [1.165, 1.54) is 6.07 Å². The molecule has 0 saturated carbocycles. The van der Waals surface area contributed by atoms with Gasteiger partial charge in [0, 0.05) is 37.7 Å². The van der Waals surface area contributed by atoms with Crippen LogP contribution in [0.25, 0.3) is 11.0 Å². The molecule has 2 aliphatic heterocycles. The summed E-state index contributed by atoms with van der Waals surface area (Å²) in [7, 11) is 0. The summed E-state index contributed by atoms with van der Waals surface area (Å²) in [5.41, 5.74) is 0.269. The Hall–Kier alpha value is -1.99. The quantitative estimate of drug-likeness (QED) is 0.810. The Morgan fingerprint density at radius 1 is 1.32 bits per heavy atom. The predicted molar refractivity (Wildman–Crippen MR) is 92.8 cm³/mol. The molecule has 0 aliphatic carbocycles. The number of aromatic nitrogens is 3. The summed E-state index contributed by atoms with van der Waals surface area (Å²) >= 11 is 5.90. The van der Waals surface area contributed by atoms with E-state index in [1.807, 2.05) is 6.92 Å². The average molecular weight is 363 g/mol. The zero-order valence-electron chi connectivity index (χ0n) is 13.9. The number of pyridine rings is 1. The Balaban J connectivity index is 1.76. The lowest BCUT2D eigenvalue weighted by Crippen LogP contribution is -2.49. The molecule has 2 fully saturated rings. The molecule has 2 bridgehead atoms. The first-order chi connectivity index (χ1) is 12.1. The molecule has 2 aromatic rings. The first-order valence-corrected chi connectivity index (χ1v) is 8.88. The summed E-state index contributed by atoms with van der Waals surface area (Å²) in [6.07, 6.45) is 2.68. The normalized spacial score (nSPS) is 23.0. The van der Waals surface area contributed by atoms with Crippen LogP contribution in [0, 0.1) is 11.8 Å². The Morgan fingerprint density at radius 3 is 2.72 bits per heavy atom. The van der Waals surface area contributed by atoms with E-state index in [2.05, 4.69) is 10.2 Å². The smallest absolute Gasteiger partial charge is 0.259 e. The van der Waals surface area contributed by atoms with Gasteiger partial charge in [0.15, 0.2) is 10.8 Å². The molecule has 0 radical (unpaired) electrons. The monoisotopic (exact) mass is 362 g/mol. The molecule has 7 nitrogen and oxygen atoms in total. The maximum atomic E-state index is 13.1. The van der Waals surface area contributed by atoms with Crippen LogP contribution < -0.4 is 5.43 Å². The van der Waals surface area contributed by atoms with Crippen molar-refractivity contribution >= 4 is 28.5 Å². The fourth-order valence-electron chi connectivity index (χ4n) is 3.85. The van der Waals surface area contributed by atoms with Gasteiger partial charge in [-0.25, -0.2) is 0 Å². The second-order valence-electron chi connectivity index (χ2n) is 6.78. The van der Waals surface area contributed by atoms with Crippen LogP contribution in [0.15, 0.2) is 17.1 Å². The van der Waals surface area contributed by atoms with Gasteiger partial charge in [-0.3, -0.25) is 9.59 Å². The molecule has 2 aliphatic rings. The van der Waals surface area contributed by atoms with Crippen molar-refractivity contribution in [3.8, 4) is 0 Å². The number of fused-ring (bicyclic) bond motifs is 3. The van der Waals surface area contributed by atoms with Crippen molar-refractivity contribution in [2.45, 2.75) is 19.9 Å². The fraction of sp³-hybridized carbons (Fsp3) is 0.529. The van der Waals surface area contributed by atoms with Gasteiger partial charge in [-0.05, 0) is 19.4 Å². The number of amides is 1. The van der Waals surface area contributed by atoms with Gasteiger partial charge in [0.1, 0.15) is 5.56 Å². The van der Waals surface area contributed by atoms with Crippen molar-refractivity contribution in [3.63, 3.8) is 0 Å². The van der Waals surface area contributed by atoms with Crippen LogP contribution in [0.5, 0.6) is 0 Å². The van der Waals surface area contributed by atoms with E-state index in [0.717, 1.165) is 6.42 Å². The molecule has 1 amide bonds. The number of halogens is 1. The number of hydrogen-bond acceptors (Lipinski definition) is 5. The van der Waals surface area contributed by atoms with Gasteiger partial charge in [-0.15, -0.1) is 10.2 Å². The molecular weight excluding hydrogens is 344 g/mol. The second-order valence-corrected chi connectivity index (χ2v) is 7.16. The SMILES string of the molecule is CCn1cc(C(=O)N2CC3COCC(C3)C2)c(=O)c2cc(Cl)nnc21. The molecule has 0 spiro atoms. The molecule has 2 unspecified atom stereocenters. The summed E-state index contributed by atoms with van der Waals surface area (Å²) in [6.45, 7) is 5.14. The highest BCUT2D eigenvalue weighted by molar-refractivity contribution is 6.29. The summed E-state index contributed by atoms with van der Waals surface area (Å²) in [5.74, 6) is 0.481. The maximum absolute atomic E-state index is 13.1. The number of ether oxygens (including phenoxy) is 1. The van der Waals surface area contributed by atoms with Crippen LogP contribution in [0.2, 0.25) is 5.15 Å². The minimum atomic E-state index is -0.339. The number of hydrogen-bond donors (Lipinski definition) is 0. The summed E-state index contributed by atoms with van der Waals surface area (Å²) in [4.78, 5) is 27.7. The van der Waals surface area contributed by atoms with Gasteiger partial charge >= 0.3 is 0 Å². The number of carbonyl (C=O) groups is 1. The molecule has 2 atom stereocenters. The largest absolute Gasteiger partial charge is 0.381 e. The number of likely N-dealkylation sites (tertiary alicyclic amines) is 1. The molecule has 8 heteroatoms. The lowest BCUT2D eigenvalue weighted by atomic mass is 9.88. The third-order valence-electron chi connectivity index (χ3n) is 4.98. The minimum absolute atomic E-state index is 0.140. The fourth-order valence-corrected chi connectivity index (χ4v) is 4.00. The highest BCUT2D eigenvalue weighted by Crippen LogP contribution is 2.27. The van der Waals surface area contributed by atoms with Crippen LogP contribution in [-0.2, 0) is 11.3 Å². The Kier molecular flexibility index (Phi) is 4.21. The zero-order chi connectivity index (χ0) is 17.6. The standard InChI is InChI=1S/C17H19ClN4O3/c1-2-21-7-13(15(23)12-4-14(18)19-20-16(12)21)17(24)22-5-10-3-11(6-22)9-25-8-10/h4,7,10-11H,2-3,5-6,8-9H2,1H3. The maximum Gasteiger partial charge on any atom is 0.259 e.